The van der Waals surface area contributed by atoms with Crippen LogP contribution < -0.4 is 10.0 Å². The van der Waals surface area contributed by atoms with E-state index in [0.29, 0.717) is 0 Å². The Morgan fingerprint density at radius 2 is 1.70 bits per heavy atom. The zero-order valence-electron chi connectivity index (χ0n) is 15.0. The van der Waals surface area contributed by atoms with E-state index < -0.39 is 26.5 Å². The summed E-state index contributed by atoms with van der Waals surface area (Å²) in [5.41, 5.74) is -0.365. The number of rotatable bonds is 6. The Balaban J connectivity index is 1.88. The Kier molecular flexibility index (Phi) is 6.25. The smallest absolute Gasteiger partial charge is 0.282 e. The molecule has 0 bridgehead atoms. The summed E-state index contributed by atoms with van der Waals surface area (Å²) in [5.74, 6) is -0.808. The van der Waals surface area contributed by atoms with Crippen molar-refractivity contribution in [1.29, 1.82) is 0 Å². The molecule has 3 aromatic rings. The molecule has 0 saturated heterocycles. The van der Waals surface area contributed by atoms with Crippen LogP contribution >= 0.6 is 23.2 Å². The lowest BCUT2D eigenvalue weighted by Gasteiger charge is -2.11. The molecule has 11 heteroatoms. The number of nitro groups is 1. The molecule has 0 radical (unpaired) electrons. The summed E-state index contributed by atoms with van der Waals surface area (Å²) in [6.45, 7) is 0. The monoisotopic (exact) mass is 465 g/mol. The number of amides is 1. The summed E-state index contributed by atoms with van der Waals surface area (Å²) in [4.78, 5) is 22.8. The largest absolute Gasteiger partial charge is 0.322 e. The Bertz CT molecular complexity index is 1250. The van der Waals surface area contributed by atoms with Gasteiger partial charge in [-0.25, -0.2) is 8.42 Å². The molecule has 0 fully saturated rings. The average molecular weight is 466 g/mol. The fraction of sp³-hybridized carbons (Fsp3) is 0. The van der Waals surface area contributed by atoms with E-state index in [1.807, 2.05) is 0 Å². The first-order valence-corrected chi connectivity index (χ1v) is 10.5. The molecule has 0 saturated carbocycles. The predicted molar refractivity (Wildman–Crippen MR) is 115 cm³/mol. The minimum Gasteiger partial charge on any atom is -0.322 e. The van der Waals surface area contributed by atoms with Crippen LogP contribution in [0.25, 0.3) is 0 Å². The van der Waals surface area contributed by atoms with Crippen molar-refractivity contribution < 1.29 is 18.1 Å². The summed E-state index contributed by atoms with van der Waals surface area (Å²) in [6, 6.07) is 15.3. The van der Waals surface area contributed by atoms with Gasteiger partial charge in [-0.15, -0.1) is 0 Å². The predicted octanol–water partition coefficient (Wildman–Crippen LogP) is 4.95. The Labute approximate surface area is 181 Å². The molecule has 0 aromatic heterocycles. The van der Waals surface area contributed by atoms with Crippen molar-refractivity contribution in [2.75, 3.05) is 10.0 Å². The Morgan fingerprint density at radius 1 is 0.967 bits per heavy atom. The van der Waals surface area contributed by atoms with Crippen molar-refractivity contribution in [1.82, 2.24) is 0 Å². The van der Waals surface area contributed by atoms with Crippen LogP contribution in [0.5, 0.6) is 0 Å². The number of nitro benzene ring substituents is 1. The van der Waals surface area contributed by atoms with Gasteiger partial charge in [0.25, 0.3) is 21.6 Å². The SMILES string of the molecule is O=C(Nc1cccc(S(=O)(=O)Nc2ccccc2Cl)c1)c1cc(Cl)ccc1[N+](=O)[O-]. The van der Waals surface area contributed by atoms with Crippen molar-refractivity contribution in [2.45, 2.75) is 4.90 Å². The van der Waals surface area contributed by atoms with E-state index in [1.54, 1.807) is 12.1 Å². The van der Waals surface area contributed by atoms with Crippen molar-refractivity contribution in [3.05, 3.63) is 92.5 Å². The van der Waals surface area contributed by atoms with Crippen molar-refractivity contribution in [2.24, 2.45) is 0 Å². The molecule has 8 nitrogen and oxygen atoms in total. The van der Waals surface area contributed by atoms with Gasteiger partial charge in [-0.05, 0) is 42.5 Å². The quantitative estimate of drug-likeness (QED) is 0.394. The van der Waals surface area contributed by atoms with Crippen LogP contribution in [0.4, 0.5) is 17.1 Å². The number of nitrogens with one attached hydrogen (secondary N) is 2. The number of carbonyl (C=O) groups excluding carboxylic acids is 1. The summed E-state index contributed by atoms with van der Waals surface area (Å²) < 4.78 is 27.7. The minimum absolute atomic E-state index is 0.122. The first-order chi connectivity index (χ1) is 14.2. The molecule has 2 N–H and O–H groups in total. The van der Waals surface area contributed by atoms with Gasteiger partial charge in [0, 0.05) is 16.8 Å². The third-order valence-electron chi connectivity index (χ3n) is 3.92. The number of carbonyl (C=O) groups is 1. The van der Waals surface area contributed by atoms with E-state index in [2.05, 4.69) is 10.0 Å². The maximum Gasteiger partial charge on any atom is 0.282 e. The van der Waals surface area contributed by atoms with Gasteiger partial charge in [0.15, 0.2) is 0 Å². The lowest BCUT2D eigenvalue weighted by molar-refractivity contribution is -0.385. The van der Waals surface area contributed by atoms with Crippen LogP contribution in [0.1, 0.15) is 10.4 Å². The first kappa shape index (κ1) is 21.6. The maximum atomic E-state index is 12.7. The molecule has 3 aromatic carbocycles. The molecule has 1 amide bonds. The van der Waals surface area contributed by atoms with Crippen molar-refractivity contribution in [3.63, 3.8) is 0 Å². The summed E-state index contributed by atoms with van der Waals surface area (Å²) in [6.07, 6.45) is 0. The summed E-state index contributed by atoms with van der Waals surface area (Å²) in [5, 5.41) is 14.0. The molecule has 0 atom stereocenters. The highest BCUT2D eigenvalue weighted by atomic mass is 35.5. The zero-order chi connectivity index (χ0) is 21.9. The lowest BCUT2D eigenvalue weighted by atomic mass is 10.1. The second kappa shape index (κ2) is 8.70. The summed E-state index contributed by atoms with van der Waals surface area (Å²) >= 11 is 11.8. The number of nitrogens with zero attached hydrogens (tertiary/aromatic N) is 1. The number of hydrogen-bond donors (Lipinski definition) is 2. The van der Waals surface area contributed by atoms with E-state index in [9.17, 15) is 23.3 Å². The molecule has 0 spiro atoms. The third-order valence-corrected chi connectivity index (χ3v) is 5.85. The highest BCUT2D eigenvalue weighted by Gasteiger charge is 2.22. The molecule has 0 aliphatic carbocycles. The fourth-order valence-electron chi connectivity index (χ4n) is 2.54. The van der Waals surface area contributed by atoms with Crippen molar-refractivity contribution in [3.8, 4) is 0 Å². The standard InChI is InChI=1S/C19H13Cl2N3O5S/c20-12-8-9-18(24(26)27)15(10-12)19(25)22-13-4-3-5-14(11-13)30(28,29)23-17-7-2-1-6-16(17)21/h1-11,23H,(H,22,25). The number of anilines is 2. The molecular weight excluding hydrogens is 453 g/mol. The summed E-state index contributed by atoms with van der Waals surface area (Å²) in [7, 11) is -4.00. The molecule has 0 unspecified atom stereocenters. The van der Waals surface area contributed by atoms with Gasteiger partial charge in [-0.2, -0.15) is 0 Å². The highest BCUT2D eigenvalue weighted by Crippen LogP contribution is 2.26. The molecule has 0 aliphatic rings. The molecule has 154 valence electrons. The normalized spacial score (nSPS) is 11.0. The van der Waals surface area contributed by atoms with Gasteiger partial charge in [0.2, 0.25) is 0 Å². The fourth-order valence-corrected chi connectivity index (χ4v) is 4.07. The van der Waals surface area contributed by atoms with E-state index in [0.717, 1.165) is 12.1 Å². The van der Waals surface area contributed by atoms with E-state index in [1.165, 1.54) is 42.5 Å². The number of sulfonamides is 1. The van der Waals surface area contributed by atoms with Crippen molar-refractivity contribution >= 4 is 56.2 Å². The van der Waals surface area contributed by atoms with Gasteiger partial charge in [0.1, 0.15) is 5.56 Å². The molecular formula is C19H13Cl2N3O5S. The highest BCUT2D eigenvalue weighted by molar-refractivity contribution is 7.92. The van der Waals surface area contributed by atoms with Crippen LogP contribution in [0.2, 0.25) is 10.0 Å². The van der Waals surface area contributed by atoms with Gasteiger partial charge >= 0.3 is 0 Å². The Hall–Kier alpha value is -3.14. The molecule has 30 heavy (non-hydrogen) atoms. The van der Waals surface area contributed by atoms with Crippen LogP contribution in [-0.4, -0.2) is 19.2 Å². The van der Waals surface area contributed by atoms with Gasteiger partial charge < -0.3 is 5.32 Å². The number of benzene rings is 3. The molecule has 0 heterocycles. The molecule has 0 aliphatic heterocycles. The zero-order valence-corrected chi connectivity index (χ0v) is 17.3. The van der Waals surface area contributed by atoms with Crippen LogP contribution in [0.3, 0.4) is 0 Å². The molecule has 3 rings (SSSR count). The second-order valence-electron chi connectivity index (χ2n) is 5.99. The first-order valence-electron chi connectivity index (χ1n) is 8.30. The van der Waals surface area contributed by atoms with Crippen LogP contribution in [0, 0.1) is 10.1 Å². The third kappa shape index (κ3) is 4.88. The van der Waals surface area contributed by atoms with Gasteiger partial charge in [0.05, 0.1) is 20.5 Å². The number of halogens is 2. The van der Waals surface area contributed by atoms with Gasteiger partial charge in [-0.3, -0.25) is 19.6 Å². The lowest BCUT2D eigenvalue weighted by Crippen LogP contribution is -2.16. The topological polar surface area (TPSA) is 118 Å². The average Bonchev–Trinajstić information content (AvgIpc) is 2.69. The second-order valence-corrected chi connectivity index (χ2v) is 8.51. The van der Waals surface area contributed by atoms with E-state index in [4.69, 9.17) is 23.2 Å². The number of hydrogen-bond acceptors (Lipinski definition) is 5. The number of para-hydroxylation sites is 1. The maximum absolute atomic E-state index is 12.7. The van der Waals surface area contributed by atoms with Crippen LogP contribution in [-0.2, 0) is 10.0 Å². The van der Waals surface area contributed by atoms with Crippen LogP contribution in [0.15, 0.2) is 71.6 Å². The Morgan fingerprint density at radius 3 is 2.40 bits per heavy atom. The minimum atomic E-state index is -4.00. The van der Waals surface area contributed by atoms with E-state index in [-0.39, 0.29) is 31.9 Å². The van der Waals surface area contributed by atoms with E-state index >= 15 is 0 Å². The van der Waals surface area contributed by atoms with Gasteiger partial charge in [-0.1, -0.05) is 41.4 Å².